The zero-order valence-electron chi connectivity index (χ0n) is 11.9. The van der Waals surface area contributed by atoms with E-state index < -0.39 is 6.10 Å². The second-order valence-corrected chi connectivity index (χ2v) is 4.61. The highest BCUT2D eigenvalue weighted by molar-refractivity contribution is 5.70. The Hall–Kier alpha value is -1.59. The third-order valence-electron chi connectivity index (χ3n) is 3.12. The van der Waals surface area contributed by atoms with Crippen LogP contribution in [-0.4, -0.2) is 45.4 Å². The zero-order chi connectivity index (χ0) is 14.4. The van der Waals surface area contributed by atoms with Gasteiger partial charge in [0.2, 0.25) is 0 Å². The second-order valence-electron chi connectivity index (χ2n) is 4.61. The van der Waals surface area contributed by atoms with Crippen molar-refractivity contribution < 1.29 is 14.6 Å². The van der Waals surface area contributed by atoms with Gasteiger partial charge in [0, 0.05) is 25.8 Å². The summed E-state index contributed by atoms with van der Waals surface area (Å²) in [6.45, 7) is 0. The van der Waals surface area contributed by atoms with Gasteiger partial charge in [0.05, 0.1) is 19.6 Å². The summed E-state index contributed by atoms with van der Waals surface area (Å²) in [4.78, 5) is 13.3. The molecule has 0 radical (unpaired) electrons. The predicted octanol–water partition coefficient (Wildman–Crippen LogP) is 0.937. The topological polar surface area (TPSA) is 61.8 Å². The maximum Gasteiger partial charge on any atom is 0.307 e. The lowest BCUT2D eigenvalue weighted by molar-refractivity contribution is -0.141. The van der Waals surface area contributed by atoms with E-state index in [4.69, 9.17) is 0 Å². The Labute approximate surface area is 114 Å². The minimum Gasteiger partial charge on any atom is -0.469 e. The van der Waals surface area contributed by atoms with E-state index in [1.807, 2.05) is 43.3 Å². The number of carbonyl (C=O) groups is 1. The third kappa shape index (κ3) is 4.22. The van der Waals surface area contributed by atoms with E-state index in [2.05, 4.69) is 10.1 Å². The average molecular weight is 266 g/mol. The fourth-order valence-corrected chi connectivity index (χ4v) is 1.84. The summed E-state index contributed by atoms with van der Waals surface area (Å²) < 4.78 is 4.62. The number of carbonyl (C=O) groups excluding carboxylic acids is 1. The quantitative estimate of drug-likeness (QED) is 0.750. The highest BCUT2D eigenvalue weighted by Gasteiger charge is 2.22. The Morgan fingerprint density at radius 1 is 1.37 bits per heavy atom. The van der Waals surface area contributed by atoms with Crippen molar-refractivity contribution >= 4 is 11.7 Å². The van der Waals surface area contributed by atoms with Crippen LogP contribution >= 0.6 is 0 Å². The number of ether oxygens (including phenoxy) is 1. The van der Waals surface area contributed by atoms with Crippen LogP contribution in [0.15, 0.2) is 24.3 Å². The molecule has 0 saturated carbocycles. The first-order valence-electron chi connectivity index (χ1n) is 6.19. The Morgan fingerprint density at radius 2 is 1.95 bits per heavy atom. The highest BCUT2D eigenvalue weighted by Crippen LogP contribution is 2.22. The van der Waals surface area contributed by atoms with Crippen molar-refractivity contribution in [2.75, 3.05) is 33.2 Å². The maximum absolute atomic E-state index is 11.3. The summed E-state index contributed by atoms with van der Waals surface area (Å²) >= 11 is 0. The van der Waals surface area contributed by atoms with E-state index in [0.29, 0.717) is 0 Å². The molecule has 0 fully saturated rings. The predicted molar refractivity (Wildman–Crippen MR) is 75.2 cm³/mol. The summed E-state index contributed by atoms with van der Waals surface area (Å²) in [7, 11) is 6.97. The van der Waals surface area contributed by atoms with Crippen LogP contribution in [0.3, 0.4) is 0 Å². The molecule has 1 rings (SSSR count). The van der Waals surface area contributed by atoms with Crippen molar-refractivity contribution in [1.29, 1.82) is 0 Å². The summed E-state index contributed by atoms with van der Waals surface area (Å²) in [6.07, 6.45) is -0.621. The summed E-state index contributed by atoms with van der Waals surface area (Å²) in [5.74, 6) is -0.344. The van der Waals surface area contributed by atoms with Gasteiger partial charge in [-0.25, -0.2) is 0 Å². The second kappa shape index (κ2) is 7.11. The van der Waals surface area contributed by atoms with Gasteiger partial charge in [-0.15, -0.1) is 0 Å². The molecule has 0 aromatic heterocycles. The van der Waals surface area contributed by atoms with E-state index in [9.17, 15) is 9.90 Å². The van der Waals surface area contributed by atoms with Gasteiger partial charge in [0.15, 0.2) is 0 Å². The zero-order valence-corrected chi connectivity index (χ0v) is 11.9. The molecule has 106 valence electrons. The number of hydrogen-bond acceptors (Lipinski definition) is 5. The third-order valence-corrected chi connectivity index (χ3v) is 3.12. The lowest BCUT2D eigenvalue weighted by Gasteiger charge is -2.22. The summed E-state index contributed by atoms with van der Waals surface area (Å²) in [6, 6.07) is 7.23. The number of likely N-dealkylation sites (N-methyl/N-ethyl adjacent to an activating group) is 1. The molecule has 1 aromatic carbocycles. The summed E-state index contributed by atoms with van der Waals surface area (Å²) in [5.41, 5.74) is 1.83. The number of benzene rings is 1. The first kappa shape index (κ1) is 15.5. The van der Waals surface area contributed by atoms with E-state index >= 15 is 0 Å². The maximum atomic E-state index is 11.3. The van der Waals surface area contributed by atoms with Crippen LogP contribution < -0.4 is 10.2 Å². The first-order chi connectivity index (χ1) is 8.99. The first-order valence-corrected chi connectivity index (χ1v) is 6.19. The van der Waals surface area contributed by atoms with Crippen LogP contribution in [0.25, 0.3) is 0 Å². The molecule has 5 heteroatoms. The van der Waals surface area contributed by atoms with E-state index in [1.165, 1.54) is 7.11 Å². The van der Waals surface area contributed by atoms with Crippen LogP contribution in [0.5, 0.6) is 0 Å². The number of nitrogens with one attached hydrogen (secondary N) is 1. The molecule has 1 aromatic rings. The van der Waals surface area contributed by atoms with Gasteiger partial charge in [-0.3, -0.25) is 4.79 Å². The van der Waals surface area contributed by atoms with Crippen molar-refractivity contribution in [1.82, 2.24) is 5.32 Å². The van der Waals surface area contributed by atoms with Crippen LogP contribution in [-0.2, 0) is 9.53 Å². The van der Waals surface area contributed by atoms with Gasteiger partial charge < -0.3 is 20.1 Å². The van der Waals surface area contributed by atoms with Crippen molar-refractivity contribution in [2.45, 2.75) is 18.6 Å². The number of aliphatic hydroxyl groups is 1. The standard InChI is InChI=1S/C14H22N2O3/c1-15-12(9-13(17)19-4)14(18)10-5-7-11(8-6-10)16(2)3/h5-8,12,14-15,18H,9H2,1-4H3. The molecule has 5 nitrogen and oxygen atoms in total. The average Bonchev–Trinajstić information content (AvgIpc) is 2.43. The van der Waals surface area contributed by atoms with Crippen molar-refractivity contribution in [3.05, 3.63) is 29.8 Å². The molecule has 0 aliphatic carbocycles. The number of anilines is 1. The van der Waals surface area contributed by atoms with Crippen molar-refractivity contribution in [3.63, 3.8) is 0 Å². The molecule has 2 unspecified atom stereocenters. The SMILES string of the molecule is CNC(CC(=O)OC)C(O)c1ccc(N(C)C)cc1. The number of rotatable bonds is 6. The Kier molecular flexibility index (Phi) is 5.79. The number of methoxy groups -OCH3 is 1. The fraction of sp³-hybridized carbons (Fsp3) is 0.500. The molecule has 2 atom stereocenters. The molecule has 0 heterocycles. The molecular weight excluding hydrogens is 244 g/mol. The van der Waals surface area contributed by atoms with E-state index in [0.717, 1.165) is 11.3 Å². The van der Waals surface area contributed by atoms with Gasteiger partial charge in [-0.2, -0.15) is 0 Å². The normalized spacial score (nSPS) is 13.7. The number of aliphatic hydroxyl groups excluding tert-OH is 1. The van der Waals surface area contributed by atoms with Crippen LogP contribution in [0.2, 0.25) is 0 Å². The van der Waals surface area contributed by atoms with Crippen molar-refractivity contribution in [2.24, 2.45) is 0 Å². The van der Waals surface area contributed by atoms with Crippen LogP contribution in [0.4, 0.5) is 5.69 Å². The molecule has 2 N–H and O–H groups in total. The number of hydrogen-bond donors (Lipinski definition) is 2. The molecule has 0 spiro atoms. The summed E-state index contributed by atoms with van der Waals surface area (Å²) in [5, 5.41) is 13.2. The monoisotopic (exact) mass is 266 g/mol. The largest absolute Gasteiger partial charge is 0.469 e. The van der Waals surface area contributed by atoms with Gasteiger partial charge in [0.25, 0.3) is 0 Å². The lowest BCUT2D eigenvalue weighted by Crippen LogP contribution is -2.34. The van der Waals surface area contributed by atoms with Gasteiger partial charge in [0.1, 0.15) is 0 Å². The van der Waals surface area contributed by atoms with Gasteiger partial charge in [-0.1, -0.05) is 12.1 Å². The molecule has 0 amide bonds. The molecule has 0 bridgehead atoms. The Bertz CT molecular complexity index is 404. The smallest absolute Gasteiger partial charge is 0.307 e. The van der Waals surface area contributed by atoms with Gasteiger partial charge in [-0.05, 0) is 24.7 Å². The van der Waals surface area contributed by atoms with Crippen molar-refractivity contribution in [3.8, 4) is 0 Å². The highest BCUT2D eigenvalue weighted by atomic mass is 16.5. The molecular formula is C14H22N2O3. The molecule has 0 aliphatic rings. The lowest BCUT2D eigenvalue weighted by atomic mass is 9.99. The number of nitrogens with zero attached hydrogens (tertiary/aromatic N) is 1. The van der Waals surface area contributed by atoms with Gasteiger partial charge >= 0.3 is 5.97 Å². The van der Waals surface area contributed by atoms with E-state index in [1.54, 1.807) is 7.05 Å². The molecule has 0 saturated heterocycles. The van der Waals surface area contributed by atoms with Crippen LogP contribution in [0, 0.1) is 0 Å². The minimum atomic E-state index is -0.750. The Balaban J connectivity index is 2.79. The van der Waals surface area contributed by atoms with E-state index in [-0.39, 0.29) is 18.4 Å². The molecule has 0 aliphatic heterocycles. The number of esters is 1. The van der Waals surface area contributed by atoms with Crippen LogP contribution in [0.1, 0.15) is 18.1 Å². The minimum absolute atomic E-state index is 0.129. The fourth-order valence-electron chi connectivity index (χ4n) is 1.84. The Morgan fingerprint density at radius 3 is 2.37 bits per heavy atom. The molecule has 19 heavy (non-hydrogen) atoms.